The van der Waals surface area contributed by atoms with Gasteiger partial charge in [0.15, 0.2) is 6.10 Å². The Hall–Kier alpha value is -1.71. The number of hydrogen-bond donors (Lipinski definition) is 3. The highest BCUT2D eigenvalue weighted by atomic mass is 16.5. The van der Waals surface area contributed by atoms with Crippen LogP contribution in [-0.4, -0.2) is 84.2 Å². The summed E-state index contributed by atoms with van der Waals surface area (Å²) in [6, 6.07) is 0. The zero-order valence-corrected chi connectivity index (χ0v) is 11.9. The maximum Gasteiger partial charge on any atom is 0.335 e. The summed E-state index contributed by atoms with van der Waals surface area (Å²) in [5.74, 6) is -4.03. The summed E-state index contributed by atoms with van der Waals surface area (Å²) in [6.07, 6.45) is -4.71. The van der Waals surface area contributed by atoms with Crippen LogP contribution in [0.4, 0.5) is 0 Å². The van der Waals surface area contributed by atoms with E-state index in [4.69, 9.17) is 20.1 Å². The fourth-order valence-corrected chi connectivity index (χ4v) is 0.727. The van der Waals surface area contributed by atoms with Gasteiger partial charge >= 0.3 is 11.9 Å². The first kappa shape index (κ1) is 20.6. The lowest BCUT2D eigenvalue weighted by Gasteiger charge is -2.23. The van der Waals surface area contributed by atoms with Crippen LogP contribution in [0.1, 0.15) is 6.92 Å². The Kier molecular flexibility index (Phi) is 9.51. The molecule has 0 amide bonds. The number of nitrogens with zero attached hydrogens (tertiary/aromatic N) is 1. The molecule has 20 heavy (non-hydrogen) atoms. The first-order chi connectivity index (χ1) is 8.88. The summed E-state index contributed by atoms with van der Waals surface area (Å²) < 4.78 is 5.59. The van der Waals surface area contributed by atoms with E-state index in [-0.39, 0.29) is 5.97 Å². The maximum atomic E-state index is 10.3. The fraction of sp³-hybridized carbons (Fsp3) is 0.727. The summed E-state index contributed by atoms with van der Waals surface area (Å²) in [5.41, 5.74) is 0. The largest absolute Gasteiger partial charge is 0.547 e. The molecule has 0 bridgehead atoms. The van der Waals surface area contributed by atoms with Crippen LogP contribution in [0.15, 0.2) is 0 Å². The number of rotatable bonds is 6. The molecular formula is C11H21NO8. The molecule has 9 nitrogen and oxygen atoms in total. The van der Waals surface area contributed by atoms with E-state index in [1.165, 1.54) is 6.92 Å². The molecule has 9 heteroatoms. The first-order valence-corrected chi connectivity index (χ1v) is 5.62. The van der Waals surface area contributed by atoms with Crippen LogP contribution in [0.25, 0.3) is 0 Å². The lowest BCUT2D eigenvalue weighted by atomic mass is 10.2. The Morgan fingerprint density at radius 2 is 1.60 bits per heavy atom. The Morgan fingerprint density at radius 3 is 1.80 bits per heavy atom. The molecule has 0 saturated heterocycles. The lowest BCUT2D eigenvalue weighted by Crippen LogP contribution is -2.46. The number of esters is 1. The number of ether oxygens (including phenoxy) is 1. The minimum absolute atomic E-state index is 0.201. The van der Waals surface area contributed by atoms with E-state index in [1.54, 1.807) is 0 Å². The van der Waals surface area contributed by atoms with Crippen LogP contribution in [0, 0.1) is 0 Å². The second-order valence-electron chi connectivity index (χ2n) is 4.90. The number of carboxylic acids is 2. The van der Waals surface area contributed by atoms with Crippen LogP contribution >= 0.6 is 0 Å². The van der Waals surface area contributed by atoms with Crippen LogP contribution in [0.3, 0.4) is 0 Å². The van der Waals surface area contributed by atoms with E-state index < -0.39 is 24.1 Å². The third-order valence-corrected chi connectivity index (χ3v) is 1.86. The van der Waals surface area contributed by atoms with Crippen molar-refractivity contribution in [2.24, 2.45) is 0 Å². The molecule has 0 aliphatic heterocycles. The molecule has 0 aromatic carbocycles. The van der Waals surface area contributed by atoms with E-state index in [0.29, 0.717) is 6.61 Å². The number of hydrogen-bond acceptors (Lipinski definition) is 7. The number of aliphatic carboxylic acids is 2. The van der Waals surface area contributed by atoms with E-state index in [2.05, 4.69) is 21.1 Å². The highest BCUT2D eigenvalue weighted by molar-refractivity contribution is 5.82. The molecule has 0 aliphatic rings. The first-order valence-electron chi connectivity index (χ1n) is 5.62. The molecule has 2 atom stereocenters. The zero-order valence-electron chi connectivity index (χ0n) is 11.9. The van der Waals surface area contributed by atoms with Crippen molar-refractivity contribution in [2.45, 2.75) is 19.1 Å². The SMILES string of the molecule is CC(=O)OCC[N+](C)(C)C.O=C([O-])C(O)C(O)C(=O)O. The number of carbonyl (C=O) groups is 3. The molecule has 0 aromatic heterocycles. The van der Waals surface area contributed by atoms with Crippen LogP contribution in [0.2, 0.25) is 0 Å². The molecular weight excluding hydrogens is 274 g/mol. The molecule has 0 spiro atoms. The number of carboxylic acid groups (broad SMARTS) is 2. The van der Waals surface area contributed by atoms with Gasteiger partial charge in [-0.15, -0.1) is 0 Å². The summed E-state index contributed by atoms with van der Waals surface area (Å²) in [5, 5.41) is 34.1. The van der Waals surface area contributed by atoms with Gasteiger partial charge in [0, 0.05) is 6.92 Å². The van der Waals surface area contributed by atoms with Crippen molar-refractivity contribution in [3.05, 3.63) is 0 Å². The Bertz CT molecular complexity index is 318. The molecule has 0 aliphatic carbocycles. The quantitative estimate of drug-likeness (QED) is 0.343. The van der Waals surface area contributed by atoms with Gasteiger partial charge in [0.05, 0.1) is 27.1 Å². The number of aliphatic hydroxyl groups excluding tert-OH is 2. The highest BCUT2D eigenvalue weighted by Crippen LogP contribution is 1.91. The second kappa shape index (κ2) is 9.23. The molecule has 0 radical (unpaired) electrons. The number of aliphatic hydroxyl groups is 2. The molecule has 0 fully saturated rings. The predicted molar refractivity (Wildman–Crippen MR) is 64.2 cm³/mol. The maximum absolute atomic E-state index is 10.3. The van der Waals surface area contributed by atoms with Gasteiger partial charge in [0.2, 0.25) is 0 Å². The van der Waals surface area contributed by atoms with Gasteiger partial charge in [-0.2, -0.15) is 0 Å². The summed E-state index contributed by atoms with van der Waals surface area (Å²) >= 11 is 0. The van der Waals surface area contributed by atoms with Gasteiger partial charge in [0.25, 0.3) is 0 Å². The van der Waals surface area contributed by atoms with Crippen LogP contribution in [0.5, 0.6) is 0 Å². The molecule has 3 N–H and O–H groups in total. The van der Waals surface area contributed by atoms with E-state index >= 15 is 0 Å². The summed E-state index contributed by atoms with van der Waals surface area (Å²) in [7, 11) is 6.18. The smallest absolute Gasteiger partial charge is 0.335 e. The van der Waals surface area contributed by atoms with Crippen molar-refractivity contribution in [1.82, 2.24) is 0 Å². The minimum Gasteiger partial charge on any atom is -0.547 e. The molecule has 0 saturated carbocycles. The minimum atomic E-state index is -2.38. The highest BCUT2D eigenvalue weighted by Gasteiger charge is 2.23. The van der Waals surface area contributed by atoms with Crippen molar-refractivity contribution in [2.75, 3.05) is 34.3 Å². The zero-order chi connectivity index (χ0) is 16.5. The lowest BCUT2D eigenvalue weighted by molar-refractivity contribution is -0.870. The Balaban J connectivity index is 0. The van der Waals surface area contributed by atoms with Gasteiger partial charge in [-0.3, -0.25) is 4.79 Å². The molecule has 2 unspecified atom stereocenters. The van der Waals surface area contributed by atoms with E-state index in [1.807, 2.05) is 0 Å². The Labute approximate surface area is 116 Å². The molecule has 118 valence electrons. The van der Waals surface area contributed by atoms with Crippen molar-refractivity contribution < 1.29 is 44.0 Å². The molecule has 0 rings (SSSR count). The fourth-order valence-electron chi connectivity index (χ4n) is 0.727. The molecule has 0 aromatic rings. The van der Waals surface area contributed by atoms with Gasteiger partial charge in [-0.05, 0) is 0 Å². The second-order valence-corrected chi connectivity index (χ2v) is 4.90. The number of quaternary nitrogens is 1. The van der Waals surface area contributed by atoms with Crippen LogP contribution in [-0.2, 0) is 19.1 Å². The van der Waals surface area contributed by atoms with Crippen LogP contribution < -0.4 is 5.11 Å². The van der Waals surface area contributed by atoms with Crippen molar-refractivity contribution >= 4 is 17.9 Å². The molecule has 0 heterocycles. The monoisotopic (exact) mass is 295 g/mol. The number of carbonyl (C=O) groups excluding carboxylic acids is 2. The third kappa shape index (κ3) is 12.7. The number of likely N-dealkylation sites (N-methyl/N-ethyl adjacent to an activating group) is 1. The predicted octanol–water partition coefficient (Wildman–Crippen LogP) is -3.20. The standard InChI is InChI=1S/C7H16NO2.C4H6O6/c1-7(9)10-6-5-8(2,3)4;5-1(3(7)8)2(6)4(9)10/h5-6H2,1-4H3;1-2,5-6H,(H,7,8)(H,9,10)/q+1;/p-1. The van der Waals surface area contributed by atoms with Gasteiger partial charge < -0.3 is 34.4 Å². The average molecular weight is 295 g/mol. The third-order valence-electron chi connectivity index (χ3n) is 1.86. The van der Waals surface area contributed by atoms with Gasteiger partial charge in [-0.25, -0.2) is 4.79 Å². The van der Waals surface area contributed by atoms with Crippen molar-refractivity contribution in [3.8, 4) is 0 Å². The van der Waals surface area contributed by atoms with Crippen molar-refractivity contribution in [1.29, 1.82) is 0 Å². The van der Waals surface area contributed by atoms with Gasteiger partial charge in [-0.1, -0.05) is 0 Å². The van der Waals surface area contributed by atoms with E-state index in [9.17, 15) is 19.5 Å². The van der Waals surface area contributed by atoms with E-state index in [0.717, 1.165) is 11.0 Å². The summed E-state index contributed by atoms with van der Waals surface area (Å²) in [6.45, 7) is 2.80. The average Bonchev–Trinajstić information content (AvgIpc) is 2.25. The summed E-state index contributed by atoms with van der Waals surface area (Å²) in [4.78, 5) is 29.7. The topological polar surface area (TPSA) is 144 Å². The normalized spacial score (nSPS) is 13.5. The Morgan fingerprint density at radius 1 is 1.15 bits per heavy atom. The van der Waals surface area contributed by atoms with Crippen molar-refractivity contribution in [3.63, 3.8) is 0 Å². The van der Waals surface area contributed by atoms with Gasteiger partial charge in [0.1, 0.15) is 19.3 Å².